The molecule has 1 unspecified atom stereocenters. The number of amides is 1. The first-order valence-corrected chi connectivity index (χ1v) is 5.12. The molecule has 1 heterocycles. The first-order chi connectivity index (χ1) is 6.24. The molecular formula is C10H19NO2. The molecule has 76 valence electrons. The van der Waals surface area contributed by atoms with Gasteiger partial charge in [-0.05, 0) is 25.2 Å². The quantitative estimate of drug-likeness (QED) is 0.650. The van der Waals surface area contributed by atoms with Crippen LogP contribution in [0.5, 0.6) is 0 Å². The van der Waals surface area contributed by atoms with E-state index in [1.807, 2.05) is 4.90 Å². The highest BCUT2D eigenvalue weighted by Crippen LogP contribution is 2.17. The molecule has 3 nitrogen and oxygen atoms in total. The van der Waals surface area contributed by atoms with Gasteiger partial charge in [0.2, 0.25) is 5.91 Å². The number of unbranched alkanes of at least 4 members (excludes halogenated alkanes) is 2. The van der Waals surface area contributed by atoms with Crippen LogP contribution >= 0.6 is 0 Å². The molecule has 1 fully saturated rings. The number of aliphatic hydroxyl groups excluding tert-OH is 1. The third kappa shape index (κ3) is 3.35. The van der Waals surface area contributed by atoms with Gasteiger partial charge in [0.1, 0.15) is 0 Å². The van der Waals surface area contributed by atoms with E-state index in [2.05, 4.69) is 6.92 Å². The Bertz CT molecular complexity index is 170. The van der Waals surface area contributed by atoms with Crippen molar-refractivity contribution in [2.24, 2.45) is 5.92 Å². The molecule has 1 aliphatic heterocycles. The van der Waals surface area contributed by atoms with Gasteiger partial charge in [0.15, 0.2) is 0 Å². The van der Waals surface area contributed by atoms with Crippen molar-refractivity contribution in [3.8, 4) is 0 Å². The van der Waals surface area contributed by atoms with E-state index in [1.54, 1.807) is 0 Å². The van der Waals surface area contributed by atoms with E-state index in [0.29, 0.717) is 11.8 Å². The van der Waals surface area contributed by atoms with Crippen LogP contribution in [0.3, 0.4) is 0 Å². The molecule has 0 aromatic rings. The maximum Gasteiger partial charge on any atom is 0.222 e. The second-order valence-corrected chi connectivity index (χ2v) is 3.93. The topological polar surface area (TPSA) is 40.5 Å². The molecule has 0 saturated carbocycles. The standard InChI is InChI=1S/C10H19NO2/c1-9-7-10(13)11(8-9)5-3-2-4-6-12/h9,12H,2-8H2,1H3. The van der Waals surface area contributed by atoms with Gasteiger partial charge in [-0.2, -0.15) is 0 Å². The van der Waals surface area contributed by atoms with Crippen LogP contribution < -0.4 is 0 Å². The monoisotopic (exact) mass is 185 g/mol. The Morgan fingerprint density at radius 3 is 2.77 bits per heavy atom. The predicted octanol–water partition coefficient (Wildman–Crippen LogP) is 1.02. The molecule has 0 spiro atoms. The minimum atomic E-state index is 0.268. The summed E-state index contributed by atoms with van der Waals surface area (Å²) in [6.07, 6.45) is 3.63. The van der Waals surface area contributed by atoms with Gasteiger partial charge >= 0.3 is 0 Å². The lowest BCUT2D eigenvalue weighted by Crippen LogP contribution is -2.26. The van der Waals surface area contributed by atoms with E-state index in [-0.39, 0.29) is 6.61 Å². The van der Waals surface area contributed by atoms with Crippen molar-refractivity contribution in [1.29, 1.82) is 0 Å². The maximum absolute atomic E-state index is 11.3. The van der Waals surface area contributed by atoms with Crippen molar-refractivity contribution in [1.82, 2.24) is 4.90 Å². The Balaban J connectivity index is 2.11. The van der Waals surface area contributed by atoms with E-state index in [4.69, 9.17) is 5.11 Å². The molecule has 0 bridgehead atoms. The van der Waals surface area contributed by atoms with Crippen LogP contribution in [0.25, 0.3) is 0 Å². The van der Waals surface area contributed by atoms with Gasteiger partial charge in [0, 0.05) is 26.1 Å². The van der Waals surface area contributed by atoms with Gasteiger partial charge in [0.25, 0.3) is 0 Å². The van der Waals surface area contributed by atoms with Crippen molar-refractivity contribution in [2.75, 3.05) is 19.7 Å². The van der Waals surface area contributed by atoms with Crippen LogP contribution in [0.2, 0.25) is 0 Å². The molecule has 0 aromatic heterocycles. The van der Waals surface area contributed by atoms with Crippen molar-refractivity contribution >= 4 is 5.91 Å². The average Bonchev–Trinajstić information content (AvgIpc) is 2.39. The second-order valence-electron chi connectivity index (χ2n) is 3.93. The summed E-state index contributed by atoms with van der Waals surface area (Å²) in [7, 11) is 0. The van der Waals surface area contributed by atoms with E-state index in [1.165, 1.54) is 0 Å². The third-order valence-electron chi connectivity index (χ3n) is 2.49. The lowest BCUT2D eigenvalue weighted by atomic mass is 10.2. The van der Waals surface area contributed by atoms with Gasteiger partial charge < -0.3 is 10.0 Å². The van der Waals surface area contributed by atoms with E-state index < -0.39 is 0 Å². The molecule has 1 saturated heterocycles. The number of nitrogens with zero attached hydrogens (tertiary/aromatic N) is 1. The molecule has 0 aromatic carbocycles. The van der Waals surface area contributed by atoms with Crippen LogP contribution in [0.15, 0.2) is 0 Å². The zero-order chi connectivity index (χ0) is 9.68. The summed E-state index contributed by atoms with van der Waals surface area (Å²) < 4.78 is 0. The summed E-state index contributed by atoms with van der Waals surface area (Å²) in [6, 6.07) is 0. The van der Waals surface area contributed by atoms with Gasteiger partial charge in [0.05, 0.1) is 0 Å². The fourth-order valence-corrected chi connectivity index (χ4v) is 1.78. The molecule has 0 radical (unpaired) electrons. The number of carbonyl (C=O) groups excluding carboxylic acids is 1. The smallest absolute Gasteiger partial charge is 0.222 e. The van der Waals surface area contributed by atoms with Crippen molar-refractivity contribution < 1.29 is 9.90 Å². The lowest BCUT2D eigenvalue weighted by molar-refractivity contribution is -0.127. The molecule has 1 amide bonds. The number of hydrogen-bond donors (Lipinski definition) is 1. The Hall–Kier alpha value is -0.570. The first kappa shape index (κ1) is 10.5. The Kier molecular flexibility index (Phi) is 4.22. The van der Waals surface area contributed by atoms with E-state index >= 15 is 0 Å². The first-order valence-electron chi connectivity index (χ1n) is 5.12. The van der Waals surface area contributed by atoms with Crippen LogP contribution in [0, 0.1) is 5.92 Å². The predicted molar refractivity (Wildman–Crippen MR) is 51.3 cm³/mol. The molecule has 1 aliphatic rings. The van der Waals surface area contributed by atoms with Crippen molar-refractivity contribution in [3.63, 3.8) is 0 Å². The minimum absolute atomic E-state index is 0.268. The summed E-state index contributed by atoms with van der Waals surface area (Å²) in [5.74, 6) is 0.835. The molecule has 1 atom stereocenters. The minimum Gasteiger partial charge on any atom is -0.396 e. The Morgan fingerprint density at radius 2 is 2.23 bits per heavy atom. The third-order valence-corrected chi connectivity index (χ3v) is 2.49. The molecule has 0 aliphatic carbocycles. The highest BCUT2D eigenvalue weighted by Gasteiger charge is 2.25. The molecule has 1 N–H and O–H groups in total. The number of carbonyl (C=O) groups is 1. The molecule has 3 heteroatoms. The van der Waals surface area contributed by atoms with Gasteiger partial charge in [-0.25, -0.2) is 0 Å². The van der Waals surface area contributed by atoms with E-state index in [9.17, 15) is 4.79 Å². The van der Waals surface area contributed by atoms with Gasteiger partial charge in [-0.15, -0.1) is 0 Å². The number of rotatable bonds is 5. The SMILES string of the molecule is CC1CC(=O)N(CCCCCO)C1. The maximum atomic E-state index is 11.3. The molecule has 1 rings (SSSR count). The fraction of sp³-hybridized carbons (Fsp3) is 0.900. The van der Waals surface area contributed by atoms with Crippen molar-refractivity contribution in [2.45, 2.75) is 32.6 Å². The number of aliphatic hydroxyl groups is 1. The highest BCUT2D eigenvalue weighted by molar-refractivity contribution is 5.78. The van der Waals surface area contributed by atoms with E-state index in [0.717, 1.165) is 38.8 Å². The Morgan fingerprint density at radius 1 is 1.46 bits per heavy atom. The number of likely N-dealkylation sites (tertiary alicyclic amines) is 1. The largest absolute Gasteiger partial charge is 0.396 e. The molecular weight excluding hydrogens is 166 g/mol. The summed E-state index contributed by atoms with van der Waals surface area (Å²) in [4.78, 5) is 13.3. The highest BCUT2D eigenvalue weighted by atomic mass is 16.2. The van der Waals surface area contributed by atoms with Gasteiger partial charge in [-0.1, -0.05) is 6.92 Å². The lowest BCUT2D eigenvalue weighted by Gasteiger charge is -2.15. The number of hydrogen-bond acceptors (Lipinski definition) is 2. The van der Waals surface area contributed by atoms with Crippen molar-refractivity contribution in [3.05, 3.63) is 0 Å². The Labute approximate surface area is 79.7 Å². The summed E-state index contributed by atoms with van der Waals surface area (Å²) >= 11 is 0. The average molecular weight is 185 g/mol. The summed E-state index contributed by atoms with van der Waals surface area (Å²) in [5.41, 5.74) is 0. The van der Waals surface area contributed by atoms with Crippen LogP contribution in [-0.4, -0.2) is 35.6 Å². The second kappa shape index (κ2) is 5.22. The summed E-state index contributed by atoms with van der Waals surface area (Å²) in [6.45, 7) is 4.19. The van der Waals surface area contributed by atoms with Crippen LogP contribution in [0.4, 0.5) is 0 Å². The van der Waals surface area contributed by atoms with Gasteiger partial charge in [-0.3, -0.25) is 4.79 Å². The normalized spacial score (nSPS) is 22.8. The summed E-state index contributed by atoms with van der Waals surface area (Å²) in [5, 5.41) is 8.57. The fourth-order valence-electron chi connectivity index (χ4n) is 1.78. The van der Waals surface area contributed by atoms with Crippen LogP contribution in [0.1, 0.15) is 32.6 Å². The molecule has 13 heavy (non-hydrogen) atoms. The zero-order valence-corrected chi connectivity index (χ0v) is 8.33. The zero-order valence-electron chi connectivity index (χ0n) is 8.33. The van der Waals surface area contributed by atoms with Crippen LogP contribution in [-0.2, 0) is 4.79 Å².